The topological polar surface area (TPSA) is 81.1 Å². The van der Waals surface area contributed by atoms with E-state index in [9.17, 15) is 14.7 Å². The Labute approximate surface area is 128 Å². The zero-order valence-corrected chi connectivity index (χ0v) is 13.2. The van der Waals surface area contributed by atoms with Gasteiger partial charge in [-0.3, -0.25) is 0 Å². The van der Waals surface area contributed by atoms with E-state index >= 15 is 0 Å². The first-order chi connectivity index (χ1) is 9.38. The minimum absolute atomic E-state index is 0.0638. The molecule has 2 N–H and O–H groups in total. The van der Waals surface area contributed by atoms with E-state index in [1.807, 2.05) is 11.4 Å². The SMILES string of the molecule is CN(Cc1cc(Br)cs1)C(=O)N1C[C@H](O)C[C@H]1C(=O)O. The van der Waals surface area contributed by atoms with E-state index in [2.05, 4.69) is 15.9 Å². The molecule has 2 heterocycles. The minimum Gasteiger partial charge on any atom is -0.480 e. The predicted octanol–water partition coefficient (Wildman–Crippen LogP) is 1.58. The molecule has 1 aliphatic heterocycles. The van der Waals surface area contributed by atoms with Crippen LogP contribution in [0.15, 0.2) is 15.9 Å². The summed E-state index contributed by atoms with van der Waals surface area (Å²) in [6, 6.07) is 0.593. The Bertz CT molecular complexity index is 521. The van der Waals surface area contributed by atoms with Gasteiger partial charge in [0.1, 0.15) is 6.04 Å². The number of rotatable bonds is 3. The van der Waals surface area contributed by atoms with Crippen LogP contribution in [-0.4, -0.2) is 57.8 Å². The summed E-state index contributed by atoms with van der Waals surface area (Å²) in [7, 11) is 1.62. The van der Waals surface area contributed by atoms with E-state index in [-0.39, 0.29) is 19.0 Å². The lowest BCUT2D eigenvalue weighted by atomic mass is 10.2. The van der Waals surface area contributed by atoms with Crippen molar-refractivity contribution in [2.75, 3.05) is 13.6 Å². The zero-order chi connectivity index (χ0) is 14.9. The molecule has 0 spiro atoms. The quantitative estimate of drug-likeness (QED) is 0.855. The van der Waals surface area contributed by atoms with Gasteiger partial charge in [-0.05, 0) is 22.0 Å². The molecule has 0 aromatic carbocycles. The van der Waals surface area contributed by atoms with Crippen molar-refractivity contribution in [1.82, 2.24) is 9.80 Å². The van der Waals surface area contributed by atoms with Gasteiger partial charge in [0.2, 0.25) is 0 Å². The number of carbonyl (C=O) groups excluding carboxylic acids is 1. The van der Waals surface area contributed by atoms with Crippen molar-refractivity contribution in [3.63, 3.8) is 0 Å². The van der Waals surface area contributed by atoms with Gasteiger partial charge in [-0.2, -0.15) is 0 Å². The maximum atomic E-state index is 12.3. The summed E-state index contributed by atoms with van der Waals surface area (Å²) in [5, 5.41) is 20.6. The molecule has 0 aliphatic carbocycles. The second-order valence-electron chi connectivity index (χ2n) is 4.77. The number of thiophene rings is 1. The highest BCUT2D eigenvalue weighted by atomic mass is 79.9. The summed E-state index contributed by atoms with van der Waals surface area (Å²) < 4.78 is 0.957. The first kappa shape index (κ1) is 15.3. The number of β-amino-alcohol motifs (C(OH)–C–C–N with tert-alkyl or cyclic N) is 1. The maximum Gasteiger partial charge on any atom is 0.326 e. The monoisotopic (exact) mass is 362 g/mol. The van der Waals surface area contributed by atoms with Crippen LogP contribution in [0, 0.1) is 0 Å². The third-order valence-electron chi connectivity index (χ3n) is 3.15. The number of urea groups is 1. The van der Waals surface area contributed by atoms with Crippen molar-refractivity contribution in [3.05, 3.63) is 20.8 Å². The lowest BCUT2D eigenvalue weighted by Crippen LogP contribution is -2.46. The number of aliphatic hydroxyl groups is 1. The Morgan fingerprint density at radius 3 is 2.85 bits per heavy atom. The molecule has 20 heavy (non-hydrogen) atoms. The molecule has 6 nitrogen and oxygen atoms in total. The summed E-state index contributed by atoms with van der Waals surface area (Å²) in [6.07, 6.45) is -0.691. The molecule has 8 heteroatoms. The number of hydrogen-bond acceptors (Lipinski definition) is 4. The fraction of sp³-hybridized carbons (Fsp3) is 0.500. The Balaban J connectivity index is 2.04. The normalized spacial score (nSPS) is 22.1. The molecule has 2 amide bonds. The molecule has 2 rings (SSSR count). The number of halogens is 1. The van der Waals surface area contributed by atoms with Gasteiger partial charge in [-0.15, -0.1) is 11.3 Å². The molecular formula is C12H15BrN2O4S. The van der Waals surface area contributed by atoms with Crippen molar-refractivity contribution < 1.29 is 19.8 Å². The van der Waals surface area contributed by atoms with E-state index in [0.29, 0.717) is 6.54 Å². The molecular weight excluding hydrogens is 348 g/mol. The number of aliphatic hydroxyl groups excluding tert-OH is 1. The summed E-state index contributed by atoms with van der Waals surface area (Å²) >= 11 is 4.87. The Morgan fingerprint density at radius 1 is 1.60 bits per heavy atom. The predicted molar refractivity (Wildman–Crippen MR) is 77.6 cm³/mol. The van der Waals surface area contributed by atoms with Crippen LogP contribution in [0.2, 0.25) is 0 Å². The number of likely N-dealkylation sites (tertiary alicyclic amines) is 1. The van der Waals surface area contributed by atoms with Crippen LogP contribution >= 0.6 is 27.3 Å². The lowest BCUT2D eigenvalue weighted by molar-refractivity contribution is -0.141. The standard InChI is InChI=1S/C12H15BrN2O4S/c1-14(5-9-2-7(13)6-20-9)12(19)15-4-8(16)3-10(15)11(17)18/h2,6,8,10,16H,3-5H2,1H3,(H,17,18)/t8-,10+/m1/s1. The van der Waals surface area contributed by atoms with E-state index in [4.69, 9.17) is 5.11 Å². The second-order valence-corrected chi connectivity index (χ2v) is 6.68. The van der Waals surface area contributed by atoms with Gasteiger partial charge in [0.05, 0.1) is 12.6 Å². The molecule has 1 aliphatic rings. The molecule has 0 saturated carbocycles. The van der Waals surface area contributed by atoms with Gasteiger partial charge >= 0.3 is 12.0 Å². The van der Waals surface area contributed by atoms with Gasteiger partial charge in [0.15, 0.2) is 0 Å². The van der Waals surface area contributed by atoms with Crippen molar-refractivity contribution in [3.8, 4) is 0 Å². The highest BCUT2D eigenvalue weighted by Crippen LogP contribution is 2.23. The molecule has 0 unspecified atom stereocenters. The Morgan fingerprint density at radius 2 is 2.30 bits per heavy atom. The number of aliphatic carboxylic acids is 1. The molecule has 0 radical (unpaired) electrons. The largest absolute Gasteiger partial charge is 0.480 e. The summed E-state index contributed by atoms with van der Waals surface area (Å²) in [5.41, 5.74) is 0. The summed E-state index contributed by atoms with van der Waals surface area (Å²) in [5.74, 6) is -1.08. The van der Waals surface area contributed by atoms with Crippen LogP contribution in [0.1, 0.15) is 11.3 Å². The van der Waals surface area contributed by atoms with E-state index in [1.54, 1.807) is 7.05 Å². The smallest absolute Gasteiger partial charge is 0.326 e. The van der Waals surface area contributed by atoms with E-state index in [1.165, 1.54) is 21.1 Å². The van der Waals surface area contributed by atoms with E-state index < -0.39 is 18.1 Å². The molecule has 110 valence electrons. The molecule has 1 aromatic rings. The second kappa shape index (κ2) is 6.11. The molecule has 1 saturated heterocycles. The van der Waals surface area contributed by atoms with Crippen LogP contribution in [0.5, 0.6) is 0 Å². The average Bonchev–Trinajstić information content (AvgIpc) is 2.94. The molecule has 1 aromatic heterocycles. The van der Waals surface area contributed by atoms with Crippen LogP contribution < -0.4 is 0 Å². The fourth-order valence-electron chi connectivity index (χ4n) is 2.22. The van der Waals surface area contributed by atoms with E-state index in [0.717, 1.165) is 9.35 Å². The third-order valence-corrected chi connectivity index (χ3v) is 4.83. The average molecular weight is 363 g/mol. The summed E-state index contributed by atoms with van der Waals surface area (Å²) in [4.78, 5) is 27.1. The maximum absolute atomic E-state index is 12.3. The molecule has 2 atom stereocenters. The number of amides is 2. The number of hydrogen-bond donors (Lipinski definition) is 2. The highest BCUT2D eigenvalue weighted by Gasteiger charge is 2.40. The minimum atomic E-state index is -1.08. The highest BCUT2D eigenvalue weighted by molar-refractivity contribution is 9.10. The number of carboxylic acids is 1. The van der Waals surface area contributed by atoms with Crippen LogP contribution in [0.4, 0.5) is 4.79 Å². The molecule has 0 bridgehead atoms. The molecule has 1 fully saturated rings. The van der Waals surface area contributed by atoms with Crippen LogP contribution in [0.3, 0.4) is 0 Å². The Hall–Kier alpha value is -1.12. The van der Waals surface area contributed by atoms with Crippen molar-refractivity contribution in [1.29, 1.82) is 0 Å². The van der Waals surface area contributed by atoms with Crippen molar-refractivity contribution in [2.24, 2.45) is 0 Å². The van der Waals surface area contributed by atoms with Crippen LogP contribution in [-0.2, 0) is 11.3 Å². The fourth-order valence-corrected chi connectivity index (χ4v) is 3.72. The first-order valence-corrected chi connectivity index (χ1v) is 7.71. The Kier molecular flexibility index (Phi) is 4.66. The van der Waals surface area contributed by atoms with Gasteiger partial charge in [-0.25, -0.2) is 9.59 Å². The first-order valence-electron chi connectivity index (χ1n) is 6.04. The number of carboxylic acid groups (broad SMARTS) is 1. The van der Waals surface area contributed by atoms with Gasteiger partial charge in [-0.1, -0.05) is 0 Å². The lowest BCUT2D eigenvalue weighted by Gasteiger charge is -2.27. The summed E-state index contributed by atoms with van der Waals surface area (Å²) in [6.45, 7) is 0.475. The van der Waals surface area contributed by atoms with Gasteiger partial charge < -0.3 is 20.0 Å². The van der Waals surface area contributed by atoms with Gasteiger partial charge in [0, 0.05) is 34.7 Å². The number of carbonyl (C=O) groups is 2. The number of nitrogens with zero attached hydrogens (tertiary/aromatic N) is 2. The zero-order valence-electron chi connectivity index (χ0n) is 10.8. The van der Waals surface area contributed by atoms with Crippen LogP contribution in [0.25, 0.3) is 0 Å². The third kappa shape index (κ3) is 3.31. The van der Waals surface area contributed by atoms with Crippen molar-refractivity contribution in [2.45, 2.75) is 25.1 Å². The van der Waals surface area contributed by atoms with Crippen molar-refractivity contribution >= 4 is 39.3 Å². The van der Waals surface area contributed by atoms with Gasteiger partial charge in [0.25, 0.3) is 0 Å².